The van der Waals surface area contributed by atoms with Crippen LogP contribution in [0, 0.1) is 0 Å². The van der Waals surface area contributed by atoms with Crippen molar-refractivity contribution >= 4 is 29.3 Å². The van der Waals surface area contributed by atoms with Crippen LogP contribution in [0.5, 0.6) is 5.75 Å². The van der Waals surface area contributed by atoms with E-state index in [1.165, 1.54) is 19.8 Å². The summed E-state index contributed by atoms with van der Waals surface area (Å²) in [5.74, 6) is -0.908. The normalized spacial score (nSPS) is 15.0. The van der Waals surface area contributed by atoms with Crippen LogP contribution in [0.4, 0.5) is 10.2 Å². The highest BCUT2D eigenvalue weighted by Gasteiger charge is 2.27. The maximum atomic E-state index is 13.5. The number of carbonyl (C=O) groups excluding carboxylic acids is 1. The fourth-order valence-electron chi connectivity index (χ4n) is 5.03. The van der Waals surface area contributed by atoms with Crippen LogP contribution in [0.2, 0.25) is 5.02 Å². The SMILES string of the molecule is COc1cccc(Cl)c1C(C)C(=O)NC(CCN(CCCCc1ccc2c(n1)NCCC2)CC(CF)OC)C(=O)O. The number of carboxylic acid groups (broad SMARTS) is 1. The van der Waals surface area contributed by atoms with Gasteiger partial charge in [-0.3, -0.25) is 4.79 Å². The van der Waals surface area contributed by atoms with E-state index in [4.69, 9.17) is 26.1 Å². The molecule has 1 amide bonds. The average molecular weight is 593 g/mol. The van der Waals surface area contributed by atoms with Gasteiger partial charge in [0.05, 0.1) is 19.1 Å². The Morgan fingerprint density at radius 3 is 2.73 bits per heavy atom. The number of benzene rings is 1. The summed E-state index contributed by atoms with van der Waals surface area (Å²) in [7, 11) is 2.95. The monoisotopic (exact) mass is 592 g/mol. The molecule has 226 valence electrons. The van der Waals surface area contributed by atoms with E-state index in [1.54, 1.807) is 25.1 Å². The Hall–Kier alpha value is -2.95. The van der Waals surface area contributed by atoms with E-state index in [1.807, 2.05) is 4.90 Å². The number of rotatable bonds is 17. The van der Waals surface area contributed by atoms with Crippen molar-refractivity contribution in [2.45, 2.75) is 63.5 Å². The number of hydrogen-bond donors (Lipinski definition) is 3. The molecule has 3 unspecified atom stereocenters. The Morgan fingerprint density at radius 1 is 1.22 bits per heavy atom. The van der Waals surface area contributed by atoms with Gasteiger partial charge in [-0.1, -0.05) is 23.7 Å². The van der Waals surface area contributed by atoms with Gasteiger partial charge >= 0.3 is 5.97 Å². The molecule has 1 aromatic heterocycles. The number of amides is 1. The van der Waals surface area contributed by atoms with Gasteiger partial charge in [-0.25, -0.2) is 14.2 Å². The highest BCUT2D eigenvalue weighted by atomic mass is 35.5. The van der Waals surface area contributed by atoms with Crippen LogP contribution in [0.3, 0.4) is 0 Å². The summed E-state index contributed by atoms with van der Waals surface area (Å²) in [6.45, 7) is 3.26. The zero-order valence-electron chi connectivity index (χ0n) is 24.1. The van der Waals surface area contributed by atoms with Crippen LogP contribution in [-0.2, 0) is 27.2 Å². The number of nitrogens with one attached hydrogen (secondary N) is 2. The van der Waals surface area contributed by atoms with Crippen molar-refractivity contribution < 1.29 is 28.6 Å². The van der Waals surface area contributed by atoms with Gasteiger partial charge in [-0.05, 0) is 75.8 Å². The number of carbonyl (C=O) groups is 2. The van der Waals surface area contributed by atoms with Crippen LogP contribution in [0.25, 0.3) is 0 Å². The Kier molecular flexibility index (Phi) is 13.1. The van der Waals surface area contributed by atoms with Crippen molar-refractivity contribution in [3.8, 4) is 5.75 Å². The van der Waals surface area contributed by atoms with Gasteiger partial charge in [0, 0.05) is 43.0 Å². The van der Waals surface area contributed by atoms with Crippen LogP contribution >= 0.6 is 11.6 Å². The molecule has 1 aliphatic heterocycles. The molecule has 3 N–H and O–H groups in total. The fourth-order valence-corrected chi connectivity index (χ4v) is 5.36. The van der Waals surface area contributed by atoms with E-state index in [-0.39, 0.29) is 6.42 Å². The second kappa shape index (κ2) is 16.5. The van der Waals surface area contributed by atoms with Crippen molar-refractivity contribution in [2.24, 2.45) is 0 Å². The number of carboxylic acids is 1. The molecule has 41 heavy (non-hydrogen) atoms. The molecule has 1 aromatic carbocycles. The molecule has 0 bridgehead atoms. The predicted molar refractivity (Wildman–Crippen MR) is 158 cm³/mol. The number of methoxy groups -OCH3 is 2. The Balaban J connectivity index is 1.57. The first kappa shape index (κ1) is 32.6. The van der Waals surface area contributed by atoms with Crippen LogP contribution in [0.1, 0.15) is 55.3 Å². The van der Waals surface area contributed by atoms with Crippen molar-refractivity contribution in [3.05, 3.63) is 52.2 Å². The maximum absolute atomic E-state index is 13.5. The van der Waals surface area contributed by atoms with Crippen molar-refractivity contribution in [1.82, 2.24) is 15.2 Å². The summed E-state index contributed by atoms with van der Waals surface area (Å²) in [6.07, 6.45) is 4.21. The van der Waals surface area contributed by atoms with Gasteiger partial charge in [0.2, 0.25) is 5.91 Å². The van der Waals surface area contributed by atoms with E-state index in [0.29, 0.717) is 36.0 Å². The molecule has 0 fully saturated rings. The van der Waals surface area contributed by atoms with E-state index in [2.05, 4.69) is 22.8 Å². The second-order valence-electron chi connectivity index (χ2n) is 10.4. The third-order valence-corrected chi connectivity index (χ3v) is 7.81. The molecular weight excluding hydrogens is 551 g/mol. The first-order chi connectivity index (χ1) is 19.8. The van der Waals surface area contributed by atoms with Gasteiger partial charge in [0.25, 0.3) is 0 Å². The quantitative estimate of drug-likeness (QED) is 0.231. The van der Waals surface area contributed by atoms with Gasteiger partial charge in [0.15, 0.2) is 0 Å². The topological polar surface area (TPSA) is 113 Å². The summed E-state index contributed by atoms with van der Waals surface area (Å²) >= 11 is 6.32. The largest absolute Gasteiger partial charge is 0.496 e. The van der Waals surface area contributed by atoms with Crippen LogP contribution in [-0.4, -0.2) is 86.1 Å². The Labute approximate surface area is 246 Å². The number of aryl methyl sites for hydroxylation is 2. The summed E-state index contributed by atoms with van der Waals surface area (Å²) in [6, 6.07) is 8.17. The minimum Gasteiger partial charge on any atom is -0.496 e. The lowest BCUT2D eigenvalue weighted by Gasteiger charge is -2.27. The highest BCUT2D eigenvalue weighted by molar-refractivity contribution is 6.31. The molecule has 0 radical (unpaired) electrons. The lowest BCUT2D eigenvalue weighted by atomic mass is 9.98. The number of aliphatic carboxylic acids is 1. The highest BCUT2D eigenvalue weighted by Crippen LogP contribution is 2.33. The Morgan fingerprint density at radius 2 is 2.02 bits per heavy atom. The molecule has 0 saturated carbocycles. The van der Waals surface area contributed by atoms with E-state index in [9.17, 15) is 19.1 Å². The zero-order chi connectivity index (χ0) is 29.8. The Bertz CT molecular complexity index is 1150. The molecular formula is C30H42ClFN4O5. The molecule has 11 heteroatoms. The van der Waals surface area contributed by atoms with E-state index >= 15 is 0 Å². The first-order valence-electron chi connectivity index (χ1n) is 14.2. The number of unbranched alkanes of at least 4 members (excludes halogenated alkanes) is 1. The van der Waals surface area contributed by atoms with Crippen molar-refractivity contribution in [2.75, 3.05) is 52.4 Å². The smallest absolute Gasteiger partial charge is 0.326 e. The molecule has 3 atom stereocenters. The average Bonchev–Trinajstić information content (AvgIpc) is 2.98. The number of ether oxygens (including phenoxy) is 2. The lowest BCUT2D eigenvalue weighted by Crippen LogP contribution is -2.45. The molecule has 3 rings (SSSR count). The molecule has 0 aliphatic carbocycles. The molecule has 1 aliphatic rings. The number of aromatic nitrogens is 1. The number of fused-ring (bicyclic) bond motifs is 1. The standard InChI is InChI=1S/C30H42ClFN4O5/c1-20(27-24(31)10-6-11-26(27)41-3)29(37)35-25(30(38)39)14-17-36(19-23(18-32)40-2)16-5-4-9-22-13-12-21-8-7-15-33-28(21)34-22/h6,10-13,20,23,25H,4-5,7-9,14-19H2,1-3H3,(H,33,34)(H,35,37)(H,38,39). The minimum atomic E-state index is -1.14. The molecule has 0 spiro atoms. The third-order valence-electron chi connectivity index (χ3n) is 7.48. The van der Waals surface area contributed by atoms with Crippen molar-refractivity contribution in [3.63, 3.8) is 0 Å². The van der Waals surface area contributed by atoms with E-state index in [0.717, 1.165) is 50.2 Å². The summed E-state index contributed by atoms with van der Waals surface area (Å²) in [5, 5.41) is 16.2. The van der Waals surface area contributed by atoms with Gasteiger partial charge < -0.3 is 30.1 Å². The molecule has 2 aromatic rings. The molecule has 9 nitrogen and oxygen atoms in total. The number of halogens is 2. The number of pyridine rings is 1. The second-order valence-corrected chi connectivity index (χ2v) is 10.8. The summed E-state index contributed by atoms with van der Waals surface area (Å²) in [4.78, 5) is 31.9. The first-order valence-corrected chi connectivity index (χ1v) is 14.5. The predicted octanol–water partition coefficient (Wildman–Crippen LogP) is 4.47. The number of hydrogen-bond acceptors (Lipinski definition) is 7. The summed E-state index contributed by atoms with van der Waals surface area (Å²) in [5.41, 5.74) is 2.78. The molecule has 2 heterocycles. The van der Waals surface area contributed by atoms with E-state index < -0.39 is 36.6 Å². The fraction of sp³-hybridized carbons (Fsp3) is 0.567. The number of anilines is 1. The lowest BCUT2D eigenvalue weighted by molar-refractivity contribution is -0.142. The van der Waals surface area contributed by atoms with Gasteiger partial charge in [0.1, 0.15) is 24.3 Å². The van der Waals surface area contributed by atoms with Crippen LogP contribution in [0.15, 0.2) is 30.3 Å². The third kappa shape index (κ3) is 9.55. The summed E-state index contributed by atoms with van der Waals surface area (Å²) < 4.78 is 24.1. The van der Waals surface area contributed by atoms with Crippen LogP contribution < -0.4 is 15.4 Å². The maximum Gasteiger partial charge on any atom is 0.326 e. The molecule has 0 saturated heterocycles. The number of alkyl halides is 1. The van der Waals surface area contributed by atoms with Gasteiger partial charge in [-0.2, -0.15) is 0 Å². The minimum absolute atomic E-state index is 0.147. The van der Waals surface area contributed by atoms with Gasteiger partial charge in [-0.15, -0.1) is 0 Å². The van der Waals surface area contributed by atoms with Crippen molar-refractivity contribution in [1.29, 1.82) is 0 Å². The number of nitrogens with zero attached hydrogens (tertiary/aromatic N) is 2. The zero-order valence-corrected chi connectivity index (χ0v) is 24.9.